The molecule has 8 heteroatoms. The van der Waals surface area contributed by atoms with E-state index in [-0.39, 0.29) is 17.8 Å². The summed E-state index contributed by atoms with van der Waals surface area (Å²) in [7, 11) is 0. The third kappa shape index (κ3) is 4.55. The zero-order valence-electron chi connectivity index (χ0n) is 16.1. The molecule has 7 nitrogen and oxygen atoms in total. The number of anilines is 1. The van der Waals surface area contributed by atoms with Gasteiger partial charge in [-0.1, -0.05) is 29.4 Å². The van der Waals surface area contributed by atoms with Crippen molar-refractivity contribution in [1.82, 2.24) is 10.5 Å². The third-order valence-electron chi connectivity index (χ3n) is 4.79. The highest BCUT2D eigenvalue weighted by Crippen LogP contribution is 2.22. The molecule has 1 aliphatic heterocycles. The Morgan fingerprint density at radius 1 is 1.10 bits per heavy atom. The minimum Gasteiger partial charge on any atom is -0.376 e. The van der Waals surface area contributed by atoms with Gasteiger partial charge in [0.05, 0.1) is 17.4 Å². The van der Waals surface area contributed by atoms with Crippen molar-refractivity contribution in [1.29, 1.82) is 0 Å². The van der Waals surface area contributed by atoms with Gasteiger partial charge >= 0.3 is 0 Å². The summed E-state index contributed by atoms with van der Waals surface area (Å²) in [5, 5.41) is 9.34. The Bertz CT molecular complexity index is 1060. The number of nitrogens with one attached hydrogen (secondary N) is 2. The molecule has 2 N–H and O–H groups in total. The smallest absolute Gasteiger partial charge is 0.294 e. The van der Waals surface area contributed by atoms with Crippen molar-refractivity contribution in [3.8, 4) is 11.3 Å². The number of aromatic nitrogens is 1. The van der Waals surface area contributed by atoms with Gasteiger partial charge < -0.3 is 19.9 Å². The van der Waals surface area contributed by atoms with Crippen molar-refractivity contribution in [2.45, 2.75) is 18.9 Å². The summed E-state index contributed by atoms with van der Waals surface area (Å²) in [6.45, 7) is 1.13. The highest BCUT2D eigenvalue weighted by molar-refractivity contribution is 6.08. The molecule has 1 fully saturated rings. The van der Waals surface area contributed by atoms with E-state index in [0.717, 1.165) is 12.8 Å². The van der Waals surface area contributed by atoms with Gasteiger partial charge in [0.1, 0.15) is 11.5 Å². The van der Waals surface area contributed by atoms with Crippen molar-refractivity contribution in [3.05, 3.63) is 71.7 Å². The molecule has 1 saturated heterocycles. The van der Waals surface area contributed by atoms with Crippen LogP contribution in [0, 0.1) is 5.82 Å². The van der Waals surface area contributed by atoms with Crippen LogP contribution in [0.4, 0.5) is 10.1 Å². The molecule has 0 spiro atoms. The molecule has 2 amide bonds. The zero-order chi connectivity index (χ0) is 20.9. The first kappa shape index (κ1) is 19.8. The van der Waals surface area contributed by atoms with Gasteiger partial charge in [0, 0.05) is 24.8 Å². The molecule has 1 unspecified atom stereocenters. The van der Waals surface area contributed by atoms with Crippen molar-refractivity contribution < 1.29 is 23.2 Å². The summed E-state index contributed by atoms with van der Waals surface area (Å²) in [4.78, 5) is 25.2. The van der Waals surface area contributed by atoms with Crippen LogP contribution in [0.1, 0.15) is 33.8 Å². The lowest BCUT2D eigenvalue weighted by Crippen LogP contribution is -2.32. The van der Waals surface area contributed by atoms with Crippen LogP contribution in [0.15, 0.2) is 59.1 Å². The Kier molecular flexibility index (Phi) is 5.85. The van der Waals surface area contributed by atoms with Gasteiger partial charge in [-0.3, -0.25) is 9.59 Å². The third-order valence-corrected chi connectivity index (χ3v) is 4.79. The van der Waals surface area contributed by atoms with Crippen molar-refractivity contribution in [2.24, 2.45) is 0 Å². The minimum atomic E-state index is -0.565. The van der Waals surface area contributed by atoms with E-state index in [1.54, 1.807) is 36.4 Å². The Morgan fingerprint density at radius 3 is 2.77 bits per heavy atom. The summed E-state index contributed by atoms with van der Waals surface area (Å²) in [5.74, 6) is -1.34. The van der Waals surface area contributed by atoms with Crippen molar-refractivity contribution in [3.63, 3.8) is 0 Å². The summed E-state index contributed by atoms with van der Waals surface area (Å²) < 4.78 is 24.0. The number of rotatable bonds is 6. The minimum absolute atomic E-state index is 0.0196. The van der Waals surface area contributed by atoms with Gasteiger partial charge in [-0.05, 0) is 37.1 Å². The van der Waals surface area contributed by atoms with E-state index < -0.39 is 11.7 Å². The number of ether oxygens (including phenoxy) is 1. The number of halogens is 1. The quantitative estimate of drug-likeness (QED) is 0.648. The predicted octanol–water partition coefficient (Wildman–Crippen LogP) is 3.64. The van der Waals surface area contributed by atoms with E-state index in [0.29, 0.717) is 35.7 Å². The van der Waals surface area contributed by atoms with E-state index in [4.69, 9.17) is 9.26 Å². The van der Waals surface area contributed by atoms with Gasteiger partial charge in [0.25, 0.3) is 11.8 Å². The van der Waals surface area contributed by atoms with Gasteiger partial charge in [0.2, 0.25) is 5.76 Å². The van der Waals surface area contributed by atoms with E-state index in [2.05, 4.69) is 15.8 Å². The molecule has 0 bridgehead atoms. The highest BCUT2D eigenvalue weighted by Gasteiger charge is 2.20. The van der Waals surface area contributed by atoms with E-state index in [1.807, 2.05) is 0 Å². The molecule has 30 heavy (non-hydrogen) atoms. The van der Waals surface area contributed by atoms with E-state index in [1.165, 1.54) is 18.2 Å². The number of para-hydroxylation sites is 1. The second-order valence-electron chi connectivity index (χ2n) is 6.93. The van der Waals surface area contributed by atoms with Crippen LogP contribution in [-0.2, 0) is 4.74 Å². The standard InChI is InChI=1S/C22H20FN3O4/c23-15-6-3-5-14(11-15)19-12-20(30-26-19)22(28)25-18-9-2-1-8-17(18)21(27)24-13-16-7-4-10-29-16/h1-3,5-6,8-9,11-12,16H,4,7,10,13H2,(H,24,27)(H,25,28). The molecule has 0 saturated carbocycles. The number of hydrogen-bond acceptors (Lipinski definition) is 5. The van der Waals surface area contributed by atoms with Crippen LogP contribution >= 0.6 is 0 Å². The number of hydrogen-bond donors (Lipinski definition) is 2. The topological polar surface area (TPSA) is 93.5 Å². The average molecular weight is 409 g/mol. The Labute approximate surface area is 172 Å². The molecular weight excluding hydrogens is 389 g/mol. The molecule has 1 aromatic heterocycles. The fourth-order valence-electron chi connectivity index (χ4n) is 3.25. The first-order valence-corrected chi connectivity index (χ1v) is 9.63. The second kappa shape index (κ2) is 8.87. The number of amides is 2. The van der Waals surface area contributed by atoms with Crippen molar-refractivity contribution >= 4 is 17.5 Å². The van der Waals surface area contributed by atoms with Crippen molar-refractivity contribution in [2.75, 3.05) is 18.5 Å². The summed E-state index contributed by atoms with van der Waals surface area (Å²) in [6.07, 6.45) is 1.92. The highest BCUT2D eigenvalue weighted by atomic mass is 19.1. The van der Waals surface area contributed by atoms with Gasteiger partial charge in [-0.25, -0.2) is 4.39 Å². The Balaban J connectivity index is 1.45. The maximum atomic E-state index is 13.4. The maximum Gasteiger partial charge on any atom is 0.294 e. The fraction of sp³-hybridized carbons (Fsp3) is 0.227. The molecule has 4 rings (SSSR count). The van der Waals surface area contributed by atoms with Gasteiger partial charge in [-0.2, -0.15) is 0 Å². The summed E-state index contributed by atoms with van der Waals surface area (Å²) in [5.41, 5.74) is 1.50. The number of benzene rings is 2. The second-order valence-corrected chi connectivity index (χ2v) is 6.93. The zero-order valence-corrected chi connectivity index (χ0v) is 16.1. The molecule has 0 aliphatic carbocycles. The molecule has 3 aromatic rings. The molecule has 2 heterocycles. The predicted molar refractivity (Wildman–Crippen MR) is 108 cm³/mol. The first-order valence-electron chi connectivity index (χ1n) is 9.63. The van der Waals surface area contributed by atoms with Gasteiger partial charge in [-0.15, -0.1) is 0 Å². The number of nitrogens with zero attached hydrogens (tertiary/aromatic N) is 1. The fourth-order valence-corrected chi connectivity index (χ4v) is 3.25. The number of carbonyl (C=O) groups excluding carboxylic acids is 2. The summed E-state index contributed by atoms with van der Waals surface area (Å²) in [6, 6.07) is 13.9. The molecule has 2 aromatic carbocycles. The van der Waals surface area contributed by atoms with Crippen LogP contribution < -0.4 is 10.6 Å². The lowest BCUT2D eigenvalue weighted by atomic mass is 10.1. The van der Waals surface area contributed by atoms with E-state index >= 15 is 0 Å². The SMILES string of the molecule is O=C(Nc1ccccc1C(=O)NCC1CCCO1)c1cc(-c2cccc(F)c2)no1. The van der Waals surface area contributed by atoms with E-state index in [9.17, 15) is 14.0 Å². The molecule has 154 valence electrons. The monoisotopic (exact) mass is 409 g/mol. The van der Waals surface area contributed by atoms with Crippen LogP contribution in [0.2, 0.25) is 0 Å². The van der Waals surface area contributed by atoms with Crippen LogP contribution in [0.5, 0.6) is 0 Å². The van der Waals surface area contributed by atoms with Gasteiger partial charge in [0.15, 0.2) is 0 Å². The summed E-state index contributed by atoms with van der Waals surface area (Å²) >= 11 is 0. The Hall–Kier alpha value is -3.52. The first-order chi connectivity index (χ1) is 14.6. The molecule has 1 aliphatic rings. The molecule has 0 radical (unpaired) electrons. The average Bonchev–Trinajstić information content (AvgIpc) is 3.45. The van der Waals surface area contributed by atoms with Crippen LogP contribution in [0.25, 0.3) is 11.3 Å². The van der Waals surface area contributed by atoms with Crippen LogP contribution in [-0.4, -0.2) is 36.2 Å². The van der Waals surface area contributed by atoms with Crippen LogP contribution in [0.3, 0.4) is 0 Å². The molecule has 1 atom stereocenters. The molecular formula is C22H20FN3O4. The maximum absolute atomic E-state index is 13.4. The Morgan fingerprint density at radius 2 is 1.97 bits per heavy atom. The largest absolute Gasteiger partial charge is 0.376 e. The lowest BCUT2D eigenvalue weighted by molar-refractivity contribution is 0.0858. The lowest BCUT2D eigenvalue weighted by Gasteiger charge is -2.13. The normalized spacial score (nSPS) is 15.7. The number of carbonyl (C=O) groups is 2.